The van der Waals surface area contributed by atoms with Gasteiger partial charge in [0.1, 0.15) is 21.7 Å². The molecule has 1 fully saturated rings. The Hall–Kier alpha value is -2.02. The van der Waals surface area contributed by atoms with E-state index >= 15 is 0 Å². The lowest BCUT2D eigenvalue weighted by Gasteiger charge is -2.38. The summed E-state index contributed by atoms with van der Waals surface area (Å²) in [6.45, 7) is 7.70. The number of aromatic nitrogens is 1. The van der Waals surface area contributed by atoms with Gasteiger partial charge < -0.3 is 19.3 Å². The number of methoxy groups -OCH3 is 2. The number of anilines is 1. The summed E-state index contributed by atoms with van der Waals surface area (Å²) in [6.07, 6.45) is 1.89. The van der Waals surface area contributed by atoms with Crippen LogP contribution in [0.3, 0.4) is 0 Å². The molecule has 1 amide bonds. The quantitative estimate of drug-likeness (QED) is 0.794. The summed E-state index contributed by atoms with van der Waals surface area (Å²) in [6, 6.07) is 4.10. The number of carbonyl (C=O) groups excluding carboxylic acids is 1. The smallest absolute Gasteiger partial charge is 0.227 e. The molecule has 0 aliphatic carbocycles. The number of ether oxygens (including phenoxy) is 2. The summed E-state index contributed by atoms with van der Waals surface area (Å²) in [4.78, 5) is 21.6. The van der Waals surface area contributed by atoms with Gasteiger partial charge in [0, 0.05) is 31.6 Å². The van der Waals surface area contributed by atoms with Crippen molar-refractivity contribution in [2.24, 2.45) is 5.41 Å². The van der Waals surface area contributed by atoms with E-state index in [0.717, 1.165) is 52.8 Å². The third kappa shape index (κ3) is 3.83. The highest BCUT2D eigenvalue weighted by molar-refractivity contribution is 7.22. The Labute approximate surface area is 165 Å². The van der Waals surface area contributed by atoms with E-state index in [1.165, 1.54) is 0 Å². The van der Waals surface area contributed by atoms with Crippen LogP contribution < -0.4 is 14.4 Å². The largest absolute Gasteiger partial charge is 0.495 e. The van der Waals surface area contributed by atoms with Gasteiger partial charge in [0.25, 0.3) is 0 Å². The molecule has 0 saturated carbocycles. The van der Waals surface area contributed by atoms with Crippen LogP contribution in [0, 0.1) is 5.41 Å². The molecule has 1 aliphatic rings. The minimum atomic E-state index is -0.341. The topological polar surface area (TPSA) is 54.9 Å². The molecule has 1 aromatic carbocycles. The van der Waals surface area contributed by atoms with Gasteiger partial charge in [-0.15, -0.1) is 0 Å². The van der Waals surface area contributed by atoms with Crippen molar-refractivity contribution >= 4 is 32.6 Å². The summed E-state index contributed by atoms with van der Waals surface area (Å²) >= 11 is 1.63. The average Bonchev–Trinajstić information content (AvgIpc) is 3.10. The van der Waals surface area contributed by atoms with Crippen LogP contribution in [-0.2, 0) is 4.79 Å². The van der Waals surface area contributed by atoms with E-state index in [-0.39, 0.29) is 17.4 Å². The van der Waals surface area contributed by atoms with E-state index in [1.54, 1.807) is 25.6 Å². The predicted molar refractivity (Wildman–Crippen MR) is 110 cm³/mol. The van der Waals surface area contributed by atoms with Gasteiger partial charge in [0.15, 0.2) is 5.13 Å². The second kappa shape index (κ2) is 7.54. The molecule has 0 radical (unpaired) electrons. The van der Waals surface area contributed by atoms with Crippen molar-refractivity contribution in [2.45, 2.75) is 39.7 Å². The normalized spacial score (nSPS) is 15.9. The Morgan fingerprint density at radius 2 is 1.78 bits per heavy atom. The van der Waals surface area contributed by atoms with E-state index in [2.05, 4.69) is 4.90 Å². The highest BCUT2D eigenvalue weighted by Crippen LogP contribution is 2.40. The molecular weight excluding hydrogens is 362 g/mol. The number of rotatable bonds is 4. The molecule has 2 heterocycles. The van der Waals surface area contributed by atoms with Crippen LogP contribution in [0.4, 0.5) is 5.13 Å². The summed E-state index contributed by atoms with van der Waals surface area (Å²) in [7, 11) is 5.27. The molecule has 1 saturated heterocycles. The Balaban J connectivity index is 1.76. The Morgan fingerprint density at radius 3 is 2.33 bits per heavy atom. The van der Waals surface area contributed by atoms with Crippen molar-refractivity contribution < 1.29 is 14.3 Å². The van der Waals surface area contributed by atoms with Crippen LogP contribution in [0.1, 0.15) is 33.6 Å². The van der Waals surface area contributed by atoms with Crippen molar-refractivity contribution in [1.82, 2.24) is 9.88 Å². The highest BCUT2D eigenvalue weighted by Gasteiger charge is 2.32. The van der Waals surface area contributed by atoms with E-state index in [0.29, 0.717) is 0 Å². The molecule has 1 aliphatic heterocycles. The fourth-order valence-corrected chi connectivity index (χ4v) is 4.67. The molecule has 3 rings (SSSR count). The van der Waals surface area contributed by atoms with Gasteiger partial charge in [-0.2, -0.15) is 0 Å². The monoisotopic (exact) mass is 391 g/mol. The molecule has 0 N–H and O–H groups in total. The zero-order valence-corrected chi connectivity index (χ0v) is 17.9. The summed E-state index contributed by atoms with van der Waals surface area (Å²) in [5, 5.41) is 0.982. The fraction of sp³-hybridized carbons (Fsp3) is 0.600. The molecular formula is C20H29N3O3S. The van der Waals surface area contributed by atoms with Crippen molar-refractivity contribution in [1.29, 1.82) is 0 Å². The Kier molecular flexibility index (Phi) is 5.51. The maximum absolute atomic E-state index is 12.5. The average molecular weight is 392 g/mol. The first kappa shape index (κ1) is 19.7. The lowest BCUT2D eigenvalue weighted by atomic mass is 9.93. The molecule has 1 aromatic heterocycles. The molecule has 6 nitrogen and oxygen atoms in total. The SMILES string of the molecule is COc1ccc(OC)c2sc(N3CCC(N(C)C(=O)C(C)(C)C)CC3)nc12. The van der Waals surface area contributed by atoms with Crippen LogP contribution in [-0.4, -0.2) is 56.2 Å². The number of hydrogen-bond donors (Lipinski definition) is 0. The van der Waals surface area contributed by atoms with Crippen LogP contribution in [0.25, 0.3) is 10.2 Å². The highest BCUT2D eigenvalue weighted by atomic mass is 32.1. The van der Waals surface area contributed by atoms with Crippen LogP contribution in [0.5, 0.6) is 11.5 Å². The van der Waals surface area contributed by atoms with Gasteiger partial charge >= 0.3 is 0 Å². The third-order valence-electron chi connectivity index (χ3n) is 5.14. The van der Waals surface area contributed by atoms with E-state index < -0.39 is 0 Å². The van der Waals surface area contributed by atoms with Crippen LogP contribution in [0.15, 0.2) is 12.1 Å². The number of carbonyl (C=O) groups is 1. The zero-order chi connectivity index (χ0) is 19.8. The van der Waals surface area contributed by atoms with E-state index in [9.17, 15) is 4.79 Å². The Morgan fingerprint density at radius 1 is 1.19 bits per heavy atom. The van der Waals surface area contributed by atoms with Crippen molar-refractivity contribution in [3.05, 3.63) is 12.1 Å². The minimum absolute atomic E-state index is 0.204. The lowest BCUT2D eigenvalue weighted by Crippen LogP contribution is -2.48. The van der Waals surface area contributed by atoms with Gasteiger partial charge in [0.2, 0.25) is 5.91 Å². The van der Waals surface area contributed by atoms with Crippen LogP contribution >= 0.6 is 11.3 Å². The summed E-state index contributed by atoms with van der Waals surface area (Å²) in [5.74, 6) is 1.79. The lowest BCUT2D eigenvalue weighted by molar-refractivity contribution is -0.140. The summed E-state index contributed by atoms with van der Waals surface area (Å²) in [5.41, 5.74) is 0.505. The summed E-state index contributed by atoms with van der Waals surface area (Å²) < 4.78 is 12.0. The number of benzene rings is 1. The van der Waals surface area contributed by atoms with Gasteiger partial charge in [-0.1, -0.05) is 32.1 Å². The van der Waals surface area contributed by atoms with Crippen LogP contribution in [0.2, 0.25) is 0 Å². The number of thiazole rings is 1. The molecule has 0 unspecified atom stereocenters. The second-order valence-corrected chi connectivity index (χ2v) is 9.01. The number of nitrogens with zero attached hydrogens (tertiary/aromatic N) is 3. The van der Waals surface area contributed by atoms with Gasteiger partial charge in [-0.3, -0.25) is 4.79 Å². The molecule has 27 heavy (non-hydrogen) atoms. The first-order valence-corrected chi connectivity index (χ1v) is 10.1. The Bertz CT molecular complexity index is 779. The number of fused-ring (bicyclic) bond motifs is 1. The van der Waals surface area contributed by atoms with Gasteiger partial charge in [-0.25, -0.2) is 4.98 Å². The number of piperidine rings is 1. The standard InChI is InChI=1S/C20H29N3O3S/c1-20(2,3)18(24)22(4)13-9-11-23(12-10-13)19-21-16-14(25-5)7-8-15(26-6)17(16)27-19/h7-8,13H,9-12H2,1-6H3. The van der Waals surface area contributed by atoms with Crippen molar-refractivity contribution in [3.8, 4) is 11.5 Å². The molecule has 0 spiro atoms. The maximum Gasteiger partial charge on any atom is 0.227 e. The number of hydrogen-bond acceptors (Lipinski definition) is 6. The number of amides is 1. The maximum atomic E-state index is 12.5. The zero-order valence-electron chi connectivity index (χ0n) is 17.0. The third-order valence-corrected chi connectivity index (χ3v) is 6.27. The molecule has 7 heteroatoms. The molecule has 2 aromatic rings. The molecule has 0 bridgehead atoms. The second-order valence-electron chi connectivity index (χ2n) is 8.03. The minimum Gasteiger partial charge on any atom is -0.495 e. The van der Waals surface area contributed by atoms with Gasteiger partial charge in [-0.05, 0) is 25.0 Å². The molecule has 148 valence electrons. The molecule has 0 atom stereocenters. The fourth-order valence-electron chi connectivity index (χ4n) is 3.55. The van der Waals surface area contributed by atoms with E-state index in [4.69, 9.17) is 14.5 Å². The van der Waals surface area contributed by atoms with E-state index in [1.807, 2.05) is 44.9 Å². The van der Waals surface area contributed by atoms with Gasteiger partial charge in [0.05, 0.1) is 14.2 Å². The van der Waals surface area contributed by atoms with Crippen molar-refractivity contribution in [3.63, 3.8) is 0 Å². The predicted octanol–water partition coefficient (Wildman–Crippen LogP) is 3.79. The first-order valence-electron chi connectivity index (χ1n) is 9.30. The van der Waals surface area contributed by atoms with Crippen molar-refractivity contribution in [2.75, 3.05) is 39.3 Å². The first-order chi connectivity index (χ1) is 12.8.